The van der Waals surface area contributed by atoms with Crippen LogP contribution in [0.4, 0.5) is 0 Å². The number of hydrogen-bond donors (Lipinski definition) is 2. The number of nitrogens with zero attached hydrogens (tertiary/aromatic N) is 1. The number of ether oxygens (including phenoxy) is 1. The maximum absolute atomic E-state index is 9.60. The number of allylic oxidation sites excluding steroid dienone is 4. The van der Waals surface area contributed by atoms with Crippen molar-refractivity contribution in [3.63, 3.8) is 0 Å². The molecule has 0 aromatic carbocycles. The van der Waals surface area contributed by atoms with Gasteiger partial charge in [0.1, 0.15) is 12.7 Å². The molecule has 0 aromatic heterocycles. The summed E-state index contributed by atoms with van der Waals surface area (Å²) in [5, 5.41) is 9.60. The van der Waals surface area contributed by atoms with Crippen LogP contribution in [0.15, 0.2) is 24.3 Å². The van der Waals surface area contributed by atoms with Gasteiger partial charge in [-0.25, -0.2) is 4.90 Å². The van der Waals surface area contributed by atoms with Gasteiger partial charge in [0.05, 0.1) is 26.3 Å². The number of aliphatic hydroxyl groups excluding tert-OH is 1. The molecule has 1 fully saturated rings. The fraction of sp³-hybridized carbons (Fsp3) is 0.907. The zero-order valence-corrected chi connectivity index (χ0v) is 33.3. The molecule has 1 heterocycles. The molecule has 4 nitrogen and oxygen atoms in total. The summed E-state index contributed by atoms with van der Waals surface area (Å²) < 4.78 is 6.09. The zero-order valence-electron chi connectivity index (χ0n) is 32.5. The molecule has 1 saturated heterocycles. The minimum atomic E-state index is 0. The van der Waals surface area contributed by atoms with E-state index in [0.717, 1.165) is 32.8 Å². The van der Waals surface area contributed by atoms with E-state index in [-0.39, 0.29) is 19.0 Å². The van der Waals surface area contributed by atoms with Gasteiger partial charge in [0.2, 0.25) is 0 Å². The average molecular weight is 698 g/mol. The third-order valence-electron chi connectivity index (χ3n) is 10.4. The Labute approximate surface area is 307 Å². The number of rotatable bonds is 37. The number of hydrogen-bond acceptors (Lipinski definition) is 3. The smallest absolute Gasteiger partial charge is 0.144 e. The van der Waals surface area contributed by atoms with E-state index in [1.165, 1.54) is 193 Å². The number of halogens is 1. The molecule has 2 atom stereocenters. The van der Waals surface area contributed by atoms with Crippen molar-refractivity contribution < 1.29 is 27.2 Å². The van der Waals surface area contributed by atoms with Crippen LogP contribution >= 0.6 is 0 Å². The molecule has 286 valence electrons. The summed E-state index contributed by atoms with van der Waals surface area (Å²) in [6, 6.07) is 0. The normalized spacial score (nSPS) is 16.9. The quantitative estimate of drug-likeness (QED) is 0.0511. The molecule has 0 aromatic rings. The molecule has 2 unspecified atom stereocenters. The van der Waals surface area contributed by atoms with E-state index in [0.29, 0.717) is 6.17 Å². The van der Waals surface area contributed by atoms with Gasteiger partial charge >= 0.3 is 0 Å². The molecule has 1 aliphatic heterocycles. The summed E-state index contributed by atoms with van der Waals surface area (Å²) in [4.78, 5) is 4.23. The number of aliphatic hydroxyl groups is 1. The molecule has 1 rings (SSSR count). The third-order valence-corrected chi connectivity index (χ3v) is 10.4. The number of quaternary nitrogens is 1. The molecule has 0 aliphatic carbocycles. The maximum Gasteiger partial charge on any atom is 0.144 e. The van der Waals surface area contributed by atoms with E-state index in [4.69, 9.17) is 4.74 Å². The maximum atomic E-state index is 9.60. The fourth-order valence-corrected chi connectivity index (χ4v) is 7.28. The highest BCUT2D eigenvalue weighted by Crippen LogP contribution is 2.14. The Morgan fingerprint density at radius 2 is 0.979 bits per heavy atom. The second-order valence-corrected chi connectivity index (χ2v) is 14.7. The molecule has 5 heteroatoms. The van der Waals surface area contributed by atoms with Gasteiger partial charge in [0, 0.05) is 19.6 Å². The van der Waals surface area contributed by atoms with Crippen LogP contribution < -0.4 is 17.3 Å². The summed E-state index contributed by atoms with van der Waals surface area (Å²) in [6.45, 7) is 11.0. The Balaban J connectivity index is 0.0000221. The number of nitrogens with one attached hydrogen (secondary N) is 1. The molecule has 0 radical (unpaired) electrons. The van der Waals surface area contributed by atoms with Gasteiger partial charge in [-0.2, -0.15) is 0 Å². The molecule has 0 bridgehead atoms. The lowest BCUT2D eigenvalue weighted by Gasteiger charge is -2.27. The predicted octanol–water partition coefficient (Wildman–Crippen LogP) is 7.99. The third kappa shape index (κ3) is 30.4. The molecule has 48 heavy (non-hydrogen) atoms. The van der Waals surface area contributed by atoms with Crippen LogP contribution in [0.3, 0.4) is 0 Å². The van der Waals surface area contributed by atoms with E-state index < -0.39 is 0 Å². The van der Waals surface area contributed by atoms with Crippen molar-refractivity contribution in [2.75, 3.05) is 46.0 Å². The largest absolute Gasteiger partial charge is 1.00 e. The standard InChI is InChI=1S/C43H84N2O2.ClH/c1-3-5-7-9-11-13-15-17-19-21-23-25-27-29-31-33-35-43-44(38-40-46)36-37-45(43)39-42-47-41-34-32-30-28-26-24-22-20-18-16-14-12-10-8-6-4-2;/h17-20,43,46H,3-16,21-42H2,1-2H3;1H/b19-17-,20-18-;. The van der Waals surface area contributed by atoms with Crippen LogP contribution in [0.1, 0.15) is 200 Å². The number of β-amino-alcohol motifs (C(OH)–C–C–N with tert-alkyl or cyclic N) is 1. The first-order chi connectivity index (χ1) is 23.3. The van der Waals surface area contributed by atoms with E-state index in [9.17, 15) is 5.11 Å². The zero-order chi connectivity index (χ0) is 33.7. The van der Waals surface area contributed by atoms with Gasteiger partial charge in [-0.05, 0) is 64.2 Å². The predicted molar refractivity (Wildman–Crippen MR) is 207 cm³/mol. The van der Waals surface area contributed by atoms with Crippen LogP contribution in [0.2, 0.25) is 0 Å². The average Bonchev–Trinajstić information content (AvgIpc) is 3.46. The minimum Gasteiger partial charge on any atom is -1.00 e. The Kier molecular flexibility index (Phi) is 39.1. The Bertz CT molecular complexity index is 673. The van der Waals surface area contributed by atoms with Gasteiger partial charge in [-0.3, -0.25) is 0 Å². The first-order valence-electron chi connectivity index (χ1n) is 21.4. The summed E-state index contributed by atoms with van der Waals surface area (Å²) in [7, 11) is 0. The van der Waals surface area contributed by atoms with Crippen molar-refractivity contribution >= 4 is 0 Å². The Morgan fingerprint density at radius 3 is 1.44 bits per heavy atom. The van der Waals surface area contributed by atoms with Crippen molar-refractivity contribution in [1.29, 1.82) is 0 Å². The topological polar surface area (TPSA) is 37.1 Å². The molecule has 0 saturated carbocycles. The molecular weight excluding hydrogens is 612 g/mol. The van der Waals surface area contributed by atoms with Crippen molar-refractivity contribution in [2.24, 2.45) is 0 Å². The van der Waals surface area contributed by atoms with E-state index in [1.54, 1.807) is 4.90 Å². The molecule has 0 amide bonds. The first-order valence-corrected chi connectivity index (χ1v) is 21.4. The highest BCUT2D eigenvalue weighted by atomic mass is 35.5. The van der Waals surface area contributed by atoms with Gasteiger partial charge in [-0.1, -0.05) is 154 Å². The van der Waals surface area contributed by atoms with Gasteiger partial charge in [0.25, 0.3) is 0 Å². The summed E-state index contributed by atoms with van der Waals surface area (Å²) >= 11 is 0. The highest BCUT2D eigenvalue weighted by Gasteiger charge is 2.34. The molecule has 0 spiro atoms. The van der Waals surface area contributed by atoms with Gasteiger partial charge in [-0.15, -0.1) is 0 Å². The van der Waals surface area contributed by atoms with E-state index in [2.05, 4.69) is 43.1 Å². The number of unbranched alkanes of at least 4 members (excludes halogenated alkanes) is 24. The fourth-order valence-electron chi connectivity index (χ4n) is 7.28. The van der Waals surface area contributed by atoms with Crippen molar-refractivity contribution in [3.05, 3.63) is 24.3 Å². The van der Waals surface area contributed by atoms with Crippen molar-refractivity contribution in [3.8, 4) is 0 Å². The lowest BCUT2D eigenvalue weighted by molar-refractivity contribution is -0.919. The second kappa shape index (κ2) is 39.4. The van der Waals surface area contributed by atoms with Crippen LogP contribution in [0.5, 0.6) is 0 Å². The lowest BCUT2D eigenvalue weighted by atomic mass is 10.1. The van der Waals surface area contributed by atoms with Crippen LogP contribution in [0.25, 0.3) is 0 Å². The first kappa shape index (κ1) is 47.6. The summed E-state index contributed by atoms with van der Waals surface area (Å²) in [5.74, 6) is 0. The Morgan fingerprint density at radius 1 is 0.562 bits per heavy atom. The lowest BCUT2D eigenvalue weighted by Crippen LogP contribution is -3.15. The van der Waals surface area contributed by atoms with Crippen LogP contribution in [0, 0.1) is 0 Å². The van der Waals surface area contributed by atoms with Gasteiger partial charge in [0.15, 0.2) is 0 Å². The summed E-state index contributed by atoms with van der Waals surface area (Å²) in [6.07, 6.45) is 49.6. The summed E-state index contributed by atoms with van der Waals surface area (Å²) in [5.41, 5.74) is 0. The van der Waals surface area contributed by atoms with Crippen molar-refractivity contribution in [2.45, 2.75) is 206 Å². The van der Waals surface area contributed by atoms with Gasteiger partial charge < -0.3 is 27.2 Å². The second-order valence-electron chi connectivity index (χ2n) is 14.7. The monoisotopic (exact) mass is 697 g/mol. The van der Waals surface area contributed by atoms with Crippen LogP contribution in [-0.2, 0) is 4.74 Å². The Hall–Kier alpha value is -0.390. The van der Waals surface area contributed by atoms with Crippen molar-refractivity contribution in [1.82, 2.24) is 4.90 Å². The minimum absolute atomic E-state index is 0. The van der Waals surface area contributed by atoms with E-state index >= 15 is 0 Å². The SMILES string of the molecule is CCCCCCCC/C=C\CCCCCCCCOCC[NH+]1CCN(CCO)C1CCCCCCCC/C=C\CCCCCCCC.[Cl-]. The molecular formula is C43H85ClN2O2. The molecule has 1 aliphatic rings. The molecule has 2 N–H and O–H groups in total. The van der Waals surface area contributed by atoms with E-state index in [1.807, 2.05) is 0 Å². The highest BCUT2D eigenvalue weighted by molar-refractivity contribution is 4.82. The van der Waals surface area contributed by atoms with Crippen LogP contribution in [-0.4, -0.2) is 62.2 Å².